The van der Waals surface area contributed by atoms with Gasteiger partial charge >= 0.3 is 0 Å². The molecule has 10 heteroatoms. The van der Waals surface area contributed by atoms with Crippen molar-refractivity contribution in [1.82, 2.24) is 4.72 Å². The molecule has 0 radical (unpaired) electrons. The number of non-ortho nitro benzene ring substituents is 1. The molecule has 1 aromatic carbocycles. The zero-order valence-corrected chi connectivity index (χ0v) is 12.0. The fourth-order valence-electron chi connectivity index (χ4n) is 1.89. The number of sulfonamides is 1. The highest BCUT2D eigenvalue weighted by Gasteiger charge is 2.22. The van der Waals surface area contributed by atoms with Crippen molar-refractivity contribution in [2.24, 2.45) is 0 Å². The second kappa shape index (κ2) is 5.66. The number of nitrogens with zero attached hydrogens (tertiary/aromatic N) is 1. The number of anilines is 2. The summed E-state index contributed by atoms with van der Waals surface area (Å²) < 4.78 is 25.3. The Morgan fingerprint density at radius 3 is 2.76 bits per heavy atom. The summed E-state index contributed by atoms with van der Waals surface area (Å²) in [5.41, 5.74) is 0.935. The zero-order chi connectivity index (χ0) is 15.6. The number of carbonyl (C=O) groups excluding carboxylic acids is 1. The van der Waals surface area contributed by atoms with Gasteiger partial charge in [0.2, 0.25) is 15.9 Å². The molecule has 0 saturated carbocycles. The van der Waals surface area contributed by atoms with E-state index in [0.717, 1.165) is 0 Å². The number of nitro benzene ring substituents is 1. The fourth-order valence-corrected chi connectivity index (χ4v) is 2.47. The van der Waals surface area contributed by atoms with Gasteiger partial charge in [0.1, 0.15) is 0 Å². The van der Waals surface area contributed by atoms with Crippen molar-refractivity contribution < 1.29 is 18.1 Å². The molecule has 2 rings (SSSR count). The number of rotatable bonds is 5. The lowest BCUT2D eigenvalue weighted by Crippen LogP contribution is -2.30. The van der Waals surface area contributed by atoms with Crippen LogP contribution in [0.3, 0.4) is 0 Å². The first-order valence-corrected chi connectivity index (χ1v) is 7.80. The number of nitro groups is 1. The highest BCUT2D eigenvalue weighted by molar-refractivity contribution is 7.89. The van der Waals surface area contributed by atoms with Gasteiger partial charge in [0, 0.05) is 18.7 Å². The van der Waals surface area contributed by atoms with Crippen LogP contribution in [0.15, 0.2) is 12.1 Å². The second-order valence-corrected chi connectivity index (χ2v) is 6.51. The smallest absolute Gasteiger partial charge is 0.271 e. The Labute approximate surface area is 120 Å². The number of carbonyl (C=O) groups is 1. The van der Waals surface area contributed by atoms with E-state index in [9.17, 15) is 23.3 Å². The van der Waals surface area contributed by atoms with Gasteiger partial charge in [-0.05, 0) is 12.5 Å². The first-order chi connectivity index (χ1) is 9.82. The molecule has 0 atom stereocenters. The van der Waals surface area contributed by atoms with E-state index < -0.39 is 14.9 Å². The molecular formula is C11H14N4O5S. The molecule has 0 unspecified atom stereocenters. The molecule has 1 aromatic rings. The summed E-state index contributed by atoms with van der Waals surface area (Å²) in [6.45, 7) is 1.42. The van der Waals surface area contributed by atoms with E-state index in [2.05, 4.69) is 15.4 Å². The van der Waals surface area contributed by atoms with Crippen molar-refractivity contribution in [3.63, 3.8) is 0 Å². The van der Waals surface area contributed by atoms with Gasteiger partial charge in [0.25, 0.3) is 5.69 Å². The van der Waals surface area contributed by atoms with Crippen LogP contribution in [0.1, 0.15) is 12.5 Å². The Bertz CT molecular complexity index is 701. The third-order valence-electron chi connectivity index (χ3n) is 2.98. The summed E-state index contributed by atoms with van der Waals surface area (Å²) in [6.07, 6.45) is 0. The number of amides is 1. The summed E-state index contributed by atoms with van der Waals surface area (Å²) >= 11 is 0. The van der Waals surface area contributed by atoms with Gasteiger partial charge in [0.15, 0.2) is 0 Å². The van der Waals surface area contributed by atoms with Crippen molar-refractivity contribution >= 4 is 33.0 Å². The SMILES string of the molecule is CCS(=O)(=O)NCc1cc([N+](=O)[O-])cc2c1NCC(=O)N2. The van der Waals surface area contributed by atoms with Crippen LogP contribution in [0, 0.1) is 10.1 Å². The van der Waals surface area contributed by atoms with Crippen LogP contribution in [0.4, 0.5) is 17.1 Å². The van der Waals surface area contributed by atoms with E-state index in [0.29, 0.717) is 11.3 Å². The van der Waals surface area contributed by atoms with Gasteiger partial charge in [-0.3, -0.25) is 14.9 Å². The van der Waals surface area contributed by atoms with Gasteiger partial charge in [0.05, 0.1) is 28.6 Å². The molecule has 0 bridgehead atoms. The zero-order valence-electron chi connectivity index (χ0n) is 11.2. The maximum absolute atomic E-state index is 11.5. The van der Waals surface area contributed by atoms with Gasteiger partial charge < -0.3 is 10.6 Å². The van der Waals surface area contributed by atoms with Gasteiger partial charge in [-0.1, -0.05) is 0 Å². The van der Waals surface area contributed by atoms with Gasteiger partial charge in [-0.25, -0.2) is 13.1 Å². The molecule has 1 amide bonds. The van der Waals surface area contributed by atoms with E-state index >= 15 is 0 Å². The first-order valence-electron chi connectivity index (χ1n) is 6.15. The highest BCUT2D eigenvalue weighted by Crippen LogP contribution is 2.33. The molecule has 3 N–H and O–H groups in total. The predicted octanol–water partition coefficient (Wildman–Crippen LogP) is 0.398. The van der Waals surface area contributed by atoms with Crippen molar-refractivity contribution in [3.8, 4) is 0 Å². The molecule has 114 valence electrons. The number of nitrogens with one attached hydrogen (secondary N) is 3. The van der Waals surface area contributed by atoms with Crippen LogP contribution in [0.2, 0.25) is 0 Å². The Morgan fingerprint density at radius 2 is 2.14 bits per heavy atom. The van der Waals surface area contributed by atoms with Gasteiger partial charge in [-0.15, -0.1) is 0 Å². The molecule has 1 heterocycles. The first kappa shape index (κ1) is 15.2. The van der Waals surface area contributed by atoms with E-state index in [1.54, 1.807) is 0 Å². The molecule has 0 aromatic heterocycles. The summed E-state index contributed by atoms with van der Waals surface area (Å²) in [7, 11) is -3.42. The fraction of sp³-hybridized carbons (Fsp3) is 0.364. The number of benzene rings is 1. The Kier molecular flexibility index (Phi) is 4.09. The van der Waals surface area contributed by atoms with E-state index in [1.807, 2.05) is 0 Å². The molecule has 0 fully saturated rings. The molecule has 0 saturated heterocycles. The summed E-state index contributed by atoms with van der Waals surface area (Å²) in [6, 6.07) is 2.51. The van der Waals surface area contributed by atoms with E-state index in [4.69, 9.17) is 0 Å². The molecule has 0 spiro atoms. The van der Waals surface area contributed by atoms with Crippen molar-refractivity contribution in [2.45, 2.75) is 13.5 Å². The van der Waals surface area contributed by atoms with Crippen molar-refractivity contribution in [2.75, 3.05) is 22.9 Å². The van der Waals surface area contributed by atoms with Crippen LogP contribution >= 0.6 is 0 Å². The lowest BCUT2D eigenvalue weighted by atomic mass is 10.1. The maximum atomic E-state index is 11.5. The van der Waals surface area contributed by atoms with E-state index in [1.165, 1.54) is 19.1 Å². The summed E-state index contributed by atoms with van der Waals surface area (Å²) in [5.74, 6) is -0.406. The number of fused-ring (bicyclic) bond motifs is 1. The average Bonchev–Trinajstić information content (AvgIpc) is 2.44. The lowest BCUT2D eigenvalue weighted by Gasteiger charge is -2.21. The van der Waals surface area contributed by atoms with Crippen LogP contribution in [0.5, 0.6) is 0 Å². The number of hydrogen-bond donors (Lipinski definition) is 3. The van der Waals surface area contributed by atoms with Crippen molar-refractivity contribution in [3.05, 3.63) is 27.8 Å². The van der Waals surface area contributed by atoms with E-state index in [-0.39, 0.29) is 36.1 Å². The Morgan fingerprint density at radius 1 is 1.43 bits per heavy atom. The van der Waals surface area contributed by atoms with Gasteiger partial charge in [-0.2, -0.15) is 0 Å². The molecule has 1 aliphatic rings. The monoisotopic (exact) mass is 314 g/mol. The molecule has 21 heavy (non-hydrogen) atoms. The minimum Gasteiger partial charge on any atom is -0.374 e. The minimum atomic E-state index is -3.42. The Hall–Kier alpha value is -2.20. The Balaban J connectivity index is 2.39. The predicted molar refractivity (Wildman–Crippen MR) is 76.5 cm³/mol. The largest absolute Gasteiger partial charge is 0.374 e. The highest BCUT2D eigenvalue weighted by atomic mass is 32.2. The third-order valence-corrected chi connectivity index (χ3v) is 4.32. The molecule has 1 aliphatic heterocycles. The number of hydrogen-bond acceptors (Lipinski definition) is 6. The molecular weight excluding hydrogens is 300 g/mol. The second-order valence-electron chi connectivity index (χ2n) is 4.41. The summed E-state index contributed by atoms with van der Waals surface area (Å²) in [5, 5.41) is 16.3. The lowest BCUT2D eigenvalue weighted by molar-refractivity contribution is -0.384. The van der Waals surface area contributed by atoms with Crippen LogP contribution in [0.25, 0.3) is 0 Å². The summed E-state index contributed by atoms with van der Waals surface area (Å²) in [4.78, 5) is 21.6. The molecule has 0 aliphatic carbocycles. The van der Waals surface area contributed by atoms with Crippen LogP contribution in [-0.2, 0) is 21.4 Å². The average molecular weight is 314 g/mol. The van der Waals surface area contributed by atoms with Crippen molar-refractivity contribution in [1.29, 1.82) is 0 Å². The molecule has 9 nitrogen and oxygen atoms in total. The third kappa shape index (κ3) is 3.47. The normalized spacial score (nSPS) is 14.0. The van der Waals surface area contributed by atoms with Crippen LogP contribution < -0.4 is 15.4 Å². The quantitative estimate of drug-likeness (QED) is 0.532. The van der Waals surface area contributed by atoms with Crippen LogP contribution in [-0.4, -0.2) is 31.5 Å². The topological polar surface area (TPSA) is 130 Å². The minimum absolute atomic E-state index is 0.0261. The standard InChI is InChI=1S/C11H14N4O5S/c1-2-21(19,20)13-5-7-3-8(15(17)18)4-9-11(7)12-6-10(16)14-9/h3-4,12-13H,2,5-6H2,1H3,(H,14,16). The maximum Gasteiger partial charge on any atom is 0.271 e.